The van der Waals surface area contributed by atoms with Crippen molar-refractivity contribution >= 4 is 5.97 Å². The predicted octanol–water partition coefficient (Wildman–Crippen LogP) is 2.21. The van der Waals surface area contributed by atoms with Crippen LogP contribution in [0.1, 0.15) is 39.0 Å². The lowest BCUT2D eigenvalue weighted by molar-refractivity contribution is -0.131. The maximum atomic E-state index is 10.2. The summed E-state index contributed by atoms with van der Waals surface area (Å²) >= 11 is 0. The molecule has 3 heteroatoms. The van der Waals surface area contributed by atoms with Crippen LogP contribution >= 0.6 is 0 Å². The fourth-order valence-corrected chi connectivity index (χ4v) is 1.53. The monoisotopic (exact) mass is 200 g/mol. The first kappa shape index (κ1) is 13.2. The van der Waals surface area contributed by atoms with Crippen molar-refractivity contribution < 1.29 is 15.0 Å². The molecule has 0 amide bonds. The molecule has 1 atom stereocenters. The highest BCUT2D eigenvalue weighted by atomic mass is 16.4. The van der Waals surface area contributed by atoms with Gasteiger partial charge in [-0.25, -0.2) is 4.79 Å². The average Bonchev–Trinajstić information content (AvgIpc) is 2.13. The summed E-state index contributed by atoms with van der Waals surface area (Å²) in [4.78, 5) is 10.2. The Bertz CT molecular complexity index is 175. The summed E-state index contributed by atoms with van der Waals surface area (Å²) in [7, 11) is 0. The van der Waals surface area contributed by atoms with E-state index in [4.69, 9.17) is 10.2 Å². The third-order valence-corrected chi connectivity index (χ3v) is 2.20. The smallest absolute Gasteiger partial charge is 0.327 e. The van der Waals surface area contributed by atoms with Crippen molar-refractivity contribution in [2.75, 3.05) is 6.61 Å². The highest BCUT2D eigenvalue weighted by Gasteiger charge is 2.05. The van der Waals surface area contributed by atoms with Crippen LogP contribution in [0.5, 0.6) is 0 Å². The Labute approximate surface area is 85.4 Å². The molecule has 0 fully saturated rings. The number of carbonyl (C=O) groups is 1. The summed E-state index contributed by atoms with van der Waals surface area (Å²) in [6.07, 6.45) is 7.71. The molecule has 3 nitrogen and oxygen atoms in total. The second kappa shape index (κ2) is 8.75. The Balaban J connectivity index is 3.77. The first-order valence-corrected chi connectivity index (χ1v) is 5.21. The maximum absolute atomic E-state index is 10.2. The van der Waals surface area contributed by atoms with Gasteiger partial charge in [0.1, 0.15) is 0 Å². The first-order valence-electron chi connectivity index (χ1n) is 5.21. The lowest BCUT2D eigenvalue weighted by Crippen LogP contribution is -2.00. The predicted molar refractivity (Wildman–Crippen MR) is 56.1 cm³/mol. The third-order valence-electron chi connectivity index (χ3n) is 2.20. The van der Waals surface area contributed by atoms with Gasteiger partial charge in [0, 0.05) is 12.7 Å². The summed E-state index contributed by atoms with van der Waals surface area (Å²) < 4.78 is 0. The van der Waals surface area contributed by atoms with Crippen LogP contribution in [0.3, 0.4) is 0 Å². The molecule has 0 spiro atoms. The van der Waals surface area contributed by atoms with E-state index >= 15 is 0 Å². The van der Waals surface area contributed by atoms with Crippen molar-refractivity contribution in [1.29, 1.82) is 0 Å². The van der Waals surface area contributed by atoms with E-state index in [0.29, 0.717) is 5.92 Å². The lowest BCUT2D eigenvalue weighted by atomic mass is 9.94. The highest BCUT2D eigenvalue weighted by molar-refractivity contribution is 5.79. The van der Waals surface area contributed by atoms with Crippen LogP contribution in [0, 0.1) is 5.92 Å². The molecule has 0 aromatic rings. The lowest BCUT2D eigenvalue weighted by Gasteiger charge is -2.12. The number of aliphatic hydroxyl groups excluding tert-OH is 1. The zero-order valence-corrected chi connectivity index (χ0v) is 8.78. The highest BCUT2D eigenvalue weighted by Crippen LogP contribution is 2.17. The molecule has 1 unspecified atom stereocenters. The van der Waals surface area contributed by atoms with Gasteiger partial charge >= 0.3 is 5.97 Å². The molecular weight excluding hydrogens is 180 g/mol. The first-order chi connectivity index (χ1) is 6.70. The fraction of sp³-hybridized carbons (Fsp3) is 0.727. The number of allylic oxidation sites excluding steroid dienone is 1. The van der Waals surface area contributed by atoms with E-state index in [1.807, 2.05) is 0 Å². The van der Waals surface area contributed by atoms with Gasteiger partial charge in [-0.1, -0.05) is 25.8 Å². The Hall–Kier alpha value is -0.830. The molecule has 0 radical (unpaired) electrons. The average molecular weight is 200 g/mol. The molecule has 14 heavy (non-hydrogen) atoms. The molecule has 0 saturated heterocycles. The zero-order valence-electron chi connectivity index (χ0n) is 8.78. The van der Waals surface area contributed by atoms with Gasteiger partial charge in [0.15, 0.2) is 0 Å². The summed E-state index contributed by atoms with van der Waals surface area (Å²) in [6, 6.07) is 0. The van der Waals surface area contributed by atoms with Crippen molar-refractivity contribution in [3.05, 3.63) is 12.2 Å². The number of hydrogen-bond donors (Lipinski definition) is 2. The molecule has 0 aliphatic heterocycles. The zero-order chi connectivity index (χ0) is 10.8. The van der Waals surface area contributed by atoms with Crippen LogP contribution in [-0.2, 0) is 4.79 Å². The topological polar surface area (TPSA) is 57.5 Å². The molecule has 0 aliphatic carbocycles. The molecule has 0 aromatic heterocycles. The normalized spacial score (nSPS) is 13.3. The van der Waals surface area contributed by atoms with E-state index in [9.17, 15) is 4.79 Å². The molecular formula is C11H20O3. The minimum absolute atomic E-state index is 0.225. The van der Waals surface area contributed by atoms with Crippen LogP contribution in [0.4, 0.5) is 0 Å². The van der Waals surface area contributed by atoms with E-state index in [1.165, 1.54) is 6.08 Å². The van der Waals surface area contributed by atoms with Crippen LogP contribution < -0.4 is 0 Å². The second-order valence-electron chi connectivity index (χ2n) is 3.50. The van der Waals surface area contributed by atoms with E-state index in [-0.39, 0.29) is 6.61 Å². The molecule has 0 aromatic carbocycles. The largest absolute Gasteiger partial charge is 0.478 e. The summed E-state index contributed by atoms with van der Waals surface area (Å²) in [5.41, 5.74) is 0. The maximum Gasteiger partial charge on any atom is 0.327 e. The molecule has 0 rings (SSSR count). The van der Waals surface area contributed by atoms with E-state index < -0.39 is 5.97 Å². The molecule has 2 N–H and O–H groups in total. The van der Waals surface area contributed by atoms with Crippen molar-refractivity contribution in [2.24, 2.45) is 5.92 Å². The Morgan fingerprint density at radius 3 is 2.64 bits per heavy atom. The van der Waals surface area contributed by atoms with Crippen molar-refractivity contribution in [2.45, 2.75) is 39.0 Å². The summed E-state index contributed by atoms with van der Waals surface area (Å²) in [5, 5.41) is 17.1. The number of aliphatic carboxylic acids is 1. The Morgan fingerprint density at radius 1 is 1.43 bits per heavy atom. The summed E-state index contributed by atoms with van der Waals surface area (Å²) in [5.74, 6) is -0.370. The van der Waals surface area contributed by atoms with Gasteiger partial charge in [0.2, 0.25) is 0 Å². The van der Waals surface area contributed by atoms with Crippen molar-refractivity contribution in [3.8, 4) is 0 Å². The number of hydrogen-bond acceptors (Lipinski definition) is 2. The quantitative estimate of drug-likeness (QED) is 0.590. The van der Waals surface area contributed by atoms with Crippen LogP contribution in [-0.4, -0.2) is 22.8 Å². The van der Waals surface area contributed by atoms with Gasteiger partial charge in [-0.15, -0.1) is 0 Å². The van der Waals surface area contributed by atoms with Crippen LogP contribution in [0.15, 0.2) is 12.2 Å². The Morgan fingerprint density at radius 2 is 2.14 bits per heavy atom. The minimum atomic E-state index is -0.887. The second-order valence-corrected chi connectivity index (χ2v) is 3.50. The molecule has 0 bridgehead atoms. The van der Waals surface area contributed by atoms with E-state index in [0.717, 1.165) is 32.1 Å². The van der Waals surface area contributed by atoms with Gasteiger partial charge in [-0.3, -0.25) is 0 Å². The van der Waals surface area contributed by atoms with Crippen LogP contribution in [0.2, 0.25) is 0 Å². The molecule has 0 heterocycles. The Kier molecular flexibility index (Phi) is 8.24. The number of aliphatic hydroxyl groups is 1. The van der Waals surface area contributed by atoms with E-state index in [2.05, 4.69) is 6.92 Å². The number of rotatable bonds is 8. The fourth-order valence-electron chi connectivity index (χ4n) is 1.53. The van der Waals surface area contributed by atoms with E-state index in [1.54, 1.807) is 6.08 Å². The molecule has 0 saturated carbocycles. The third kappa shape index (κ3) is 7.80. The van der Waals surface area contributed by atoms with Gasteiger partial charge in [0.05, 0.1) is 0 Å². The molecule has 82 valence electrons. The summed E-state index contributed by atoms with van der Waals surface area (Å²) in [6.45, 7) is 2.34. The van der Waals surface area contributed by atoms with Gasteiger partial charge in [0.25, 0.3) is 0 Å². The standard InChI is InChI=1S/C11H20O3/c1-2-5-10(7-4-9-12)6-3-8-11(13)14/h3,8,10,12H,2,4-7,9H2,1H3,(H,13,14)/b8-3+. The number of carboxylic acid groups (broad SMARTS) is 1. The van der Waals surface area contributed by atoms with Gasteiger partial charge < -0.3 is 10.2 Å². The molecule has 0 aliphatic rings. The van der Waals surface area contributed by atoms with Gasteiger partial charge in [-0.2, -0.15) is 0 Å². The van der Waals surface area contributed by atoms with Crippen LogP contribution in [0.25, 0.3) is 0 Å². The van der Waals surface area contributed by atoms with Gasteiger partial charge in [-0.05, 0) is 25.2 Å². The SMILES string of the molecule is CCCC(C/C=C/C(=O)O)CCCO. The number of carboxylic acids is 1. The minimum Gasteiger partial charge on any atom is -0.478 e. The van der Waals surface area contributed by atoms with Crippen molar-refractivity contribution in [1.82, 2.24) is 0 Å². The van der Waals surface area contributed by atoms with Crippen molar-refractivity contribution in [3.63, 3.8) is 0 Å².